The molecule has 0 bridgehead atoms. The molecule has 0 radical (unpaired) electrons. The van der Waals surface area contributed by atoms with E-state index in [-0.39, 0.29) is 0 Å². The van der Waals surface area contributed by atoms with Crippen LogP contribution in [0.25, 0.3) is 0 Å². The minimum absolute atomic E-state index is 0.562. The highest BCUT2D eigenvalue weighted by Crippen LogP contribution is 2.61. The summed E-state index contributed by atoms with van der Waals surface area (Å²) in [6, 6.07) is 0. The molecule has 0 aliphatic carbocycles. The molecule has 0 aliphatic rings. The predicted octanol–water partition coefficient (Wildman–Crippen LogP) is 5.70. The van der Waals surface area contributed by atoms with Crippen LogP contribution in [-0.2, 0) is 10.0 Å². The van der Waals surface area contributed by atoms with Crippen molar-refractivity contribution in [3.8, 4) is 0 Å². The minimum atomic E-state index is -4.57. The van der Waals surface area contributed by atoms with Crippen LogP contribution >= 0.6 is 7.26 Å². The molecule has 0 amide bonds. The molecule has 0 rings (SSSR count). The lowest BCUT2D eigenvalue weighted by Gasteiger charge is -2.28. The topological polar surface area (TPSA) is 60.2 Å². The van der Waals surface area contributed by atoms with Crippen molar-refractivity contribution in [2.75, 3.05) is 24.6 Å². The van der Waals surface area contributed by atoms with Crippen molar-refractivity contribution in [1.29, 1.82) is 0 Å². The number of alkyl halides is 2. The molecule has 0 fully saturated rings. The highest BCUT2D eigenvalue weighted by molar-refractivity contribution is 7.89. The normalized spacial score (nSPS) is 12.2. The summed E-state index contributed by atoms with van der Waals surface area (Å²) in [5.74, 6) is -3.45. The Hall–Kier alpha value is 0.200. The minimum Gasteiger partial charge on any atom is -0.224 e. The lowest BCUT2D eigenvalue weighted by Crippen LogP contribution is -2.20. The highest BCUT2D eigenvalue weighted by Gasteiger charge is 2.34. The van der Waals surface area contributed by atoms with E-state index >= 15 is 0 Å². The van der Waals surface area contributed by atoms with Crippen LogP contribution in [0.4, 0.5) is 8.78 Å². The Bertz CT molecular complexity index is 341. The first-order chi connectivity index (χ1) is 11.2. The highest BCUT2D eigenvalue weighted by atomic mass is 32.2. The van der Waals surface area contributed by atoms with Crippen molar-refractivity contribution in [2.45, 2.75) is 84.8 Å². The summed E-state index contributed by atoms with van der Waals surface area (Å²) in [7, 11) is -5.14. The Morgan fingerprint density at radius 2 is 0.958 bits per heavy atom. The van der Waals surface area contributed by atoms with Crippen LogP contribution in [0.1, 0.15) is 79.1 Å². The molecule has 3 nitrogen and oxygen atoms in total. The van der Waals surface area contributed by atoms with Crippen molar-refractivity contribution in [3.05, 3.63) is 0 Å². The fourth-order valence-corrected chi connectivity index (χ4v) is 7.93. The Morgan fingerprint density at radius 3 is 1.08 bits per heavy atom. The number of hydrogen-bond acceptors (Lipinski definition) is 2. The number of hydrogen-bond donors (Lipinski definition) is 1. The van der Waals surface area contributed by atoms with E-state index in [4.69, 9.17) is 0 Å². The summed E-state index contributed by atoms with van der Waals surface area (Å²) >= 11 is 0. The van der Waals surface area contributed by atoms with E-state index in [2.05, 4.69) is 32.8 Å². The first kappa shape index (κ1) is 26.4. The molecule has 0 aromatic carbocycles. The van der Waals surface area contributed by atoms with Gasteiger partial charge in [-0.1, -0.05) is 53.4 Å². The number of rotatable bonds is 13. The molecule has 0 aliphatic heterocycles. The zero-order valence-corrected chi connectivity index (χ0v) is 17.8. The number of sulfonamides is 1. The van der Waals surface area contributed by atoms with E-state index in [1.165, 1.54) is 51.4 Å². The summed E-state index contributed by atoms with van der Waals surface area (Å²) in [6.45, 7) is 9.42. The van der Waals surface area contributed by atoms with Crippen LogP contribution in [0.2, 0.25) is 0 Å². The van der Waals surface area contributed by atoms with Crippen molar-refractivity contribution in [1.82, 2.24) is 0 Å². The number of primary sulfonamides is 1. The van der Waals surface area contributed by atoms with Gasteiger partial charge in [-0.3, -0.25) is 0 Å². The summed E-state index contributed by atoms with van der Waals surface area (Å²) in [4.78, 5) is 0. The van der Waals surface area contributed by atoms with Crippen molar-refractivity contribution in [2.24, 2.45) is 5.14 Å². The average Bonchev–Trinajstić information content (AvgIpc) is 2.53. The molecule has 0 heterocycles. The number of nitrogens with two attached hydrogens (primary N) is 1. The Kier molecular flexibility index (Phi) is 17.0. The fourth-order valence-electron chi connectivity index (χ4n) is 2.64. The summed E-state index contributed by atoms with van der Waals surface area (Å²) in [5.41, 5.74) is 0. The van der Waals surface area contributed by atoms with Crippen LogP contribution in [0.15, 0.2) is 0 Å². The zero-order chi connectivity index (χ0) is 19.1. The van der Waals surface area contributed by atoms with Crippen LogP contribution < -0.4 is 5.14 Å². The average molecular weight is 391 g/mol. The molecule has 0 aromatic heterocycles. The van der Waals surface area contributed by atoms with E-state index in [0.29, 0.717) is 0 Å². The molecule has 0 unspecified atom stereocenters. The molecule has 0 aromatic rings. The standard InChI is InChI=1S/C16H36P.CH3F2NO2S/c1-5-9-13-17(14-10-6-2,15-11-7-3)16-12-8-4;2-1(3)7(4,5)6/h5-16H2,1-4H3;1H,(H2,4,5,6)/q+1;. The summed E-state index contributed by atoms with van der Waals surface area (Å²) in [5, 5.41) is 3.90. The molecule has 7 heteroatoms. The summed E-state index contributed by atoms with van der Waals surface area (Å²) in [6.07, 6.45) is 17.9. The number of unbranched alkanes of at least 4 members (excludes halogenated alkanes) is 4. The third-order valence-corrected chi connectivity index (χ3v) is 9.75. The fraction of sp³-hybridized carbons (Fsp3) is 1.00. The molecule has 0 saturated heterocycles. The monoisotopic (exact) mass is 390 g/mol. The molecule has 148 valence electrons. The second-order valence-electron chi connectivity index (χ2n) is 6.50. The molecule has 0 spiro atoms. The van der Waals surface area contributed by atoms with Crippen LogP contribution in [0.5, 0.6) is 0 Å². The second-order valence-corrected chi connectivity index (χ2v) is 12.5. The largest absolute Gasteiger partial charge is 0.350 e. The lowest BCUT2D eigenvalue weighted by molar-refractivity contribution is 0.235. The maximum Gasteiger partial charge on any atom is 0.350 e. The second kappa shape index (κ2) is 15.5. The van der Waals surface area contributed by atoms with E-state index in [1.807, 2.05) is 0 Å². The van der Waals surface area contributed by atoms with E-state index in [0.717, 1.165) is 0 Å². The van der Waals surface area contributed by atoms with Gasteiger partial charge in [0.1, 0.15) is 0 Å². The van der Waals surface area contributed by atoms with Gasteiger partial charge >= 0.3 is 5.76 Å². The molecular formula is C17H39F2NO2PS+. The molecular weight excluding hydrogens is 351 g/mol. The van der Waals surface area contributed by atoms with Gasteiger partial charge in [-0.15, -0.1) is 0 Å². The van der Waals surface area contributed by atoms with Crippen molar-refractivity contribution >= 4 is 17.3 Å². The first-order valence-electron chi connectivity index (χ1n) is 9.33. The first-order valence-corrected chi connectivity index (χ1v) is 13.5. The molecule has 24 heavy (non-hydrogen) atoms. The Labute approximate surface area is 149 Å². The maximum absolute atomic E-state index is 10.8. The Morgan fingerprint density at radius 1 is 0.750 bits per heavy atom. The SMILES string of the molecule is CCCC[P+](CCCC)(CCCC)CCCC.NS(=O)(=O)C(F)F. The third kappa shape index (κ3) is 14.5. The quantitative estimate of drug-likeness (QED) is 0.410. The van der Waals surface area contributed by atoms with Gasteiger partial charge in [0.25, 0.3) is 10.0 Å². The Balaban J connectivity index is 0. The van der Waals surface area contributed by atoms with Crippen LogP contribution in [0.3, 0.4) is 0 Å². The smallest absolute Gasteiger partial charge is 0.224 e. The van der Waals surface area contributed by atoms with E-state index in [9.17, 15) is 17.2 Å². The van der Waals surface area contributed by atoms with Gasteiger partial charge in [0.05, 0.1) is 24.6 Å². The van der Waals surface area contributed by atoms with Gasteiger partial charge in [-0.2, -0.15) is 8.78 Å². The molecule has 0 saturated carbocycles. The van der Waals surface area contributed by atoms with Crippen molar-refractivity contribution < 1.29 is 17.2 Å². The van der Waals surface area contributed by atoms with Gasteiger partial charge < -0.3 is 0 Å². The van der Waals surface area contributed by atoms with Gasteiger partial charge in [-0.05, 0) is 25.7 Å². The molecule has 0 atom stereocenters. The van der Waals surface area contributed by atoms with Gasteiger partial charge in [0.15, 0.2) is 0 Å². The maximum atomic E-state index is 10.8. The summed E-state index contributed by atoms with van der Waals surface area (Å²) < 4.78 is 40.4. The molecule has 2 N–H and O–H groups in total. The van der Waals surface area contributed by atoms with Gasteiger partial charge in [-0.25, -0.2) is 13.6 Å². The van der Waals surface area contributed by atoms with Crippen LogP contribution in [0, 0.1) is 0 Å². The van der Waals surface area contributed by atoms with E-state index < -0.39 is 23.0 Å². The van der Waals surface area contributed by atoms with E-state index in [1.54, 1.807) is 24.6 Å². The third-order valence-electron chi connectivity index (χ3n) is 4.19. The predicted molar refractivity (Wildman–Crippen MR) is 105 cm³/mol. The van der Waals surface area contributed by atoms with Gasteiger partial charge in [0.2, 0.25) is 0 Å². The lowest BCUT2D eigenvalue weighted by atomic mass is 10.4. The zero-order valence-electron chi connectivity index (χ0n) is 16.1. The van der Waals surface area contributed by atoms with Crippen LogP contribution in [-0.4, -0.2) is 38.8 Å². The number of halogens is 2. The van der Waals surface area contributed by atoms with Crippen molar-refractivity contribution in [3.63, 3.8) is 0 Å². The van der Waals surface area contributed by atoms with Gasteiger partial charge in [0, 0.05) is 7.26 Å².